The third-order valence-electron chi connectivity index (χ3n) is 1.81. The average molecular weight is 210 g/mol. The predicted molar refractivity (Wildman–Crippen MR) is 51.8 cm³/mol. The number of aromatic amines is 1. The van der Waals surface area contributed by atoms with E-state index in [0.29, 0.717) is 22.0 Å². The van der Waals surface area contributed by atoms with Crippen molar-refractivity contribution in [3.8, 4) is 11.4 Å². The molecule has 2 aromatic heterocycles. The smallest absolute Gasteiger partial charge is 0.266 e. The van der Waals surface area contributed by atoms with Crippen LogP contribution in [0.25, 0.3) is 11.4 Å². The summed E-state index contributed by atoms with van der Waals surface area (Å²) in [6.45, 7) is 1.77. The largest absolute Gasteiger partial charge is 0.434 e. The van der Waals surface area contributed by atoms with Gasteiger partial charge in [0.1, 0.15) is 17.3 Å². The van der Waals surface area contributed by atoms with Crippen LogP contribution in [0.5, 0.6) is 0 Å². The molecule has 0 fully saturated rings. The Morgan fingerprint density at radius 3 is 2.79 bits per heavy atom. The minimum absolute atomic E-state index is 0.295. The van der Waals surface area contributed by atoms with Crippen molar-refractivity contribution in [2.75, 3.05) is 0 Å². The maximum absolute atomic E-state index is 12.6. The van der Waals surface area contributed by atoms with Crippen molar-refractivity contribution < 1.29 is 8.81 Å². The van der Waals surface area contributed by atoms with Crippen LogP contribution in [-0.4, -0.2) is 9.97 Å². The number of hydrogen-bond acceptors (Lipinski definition) is 3. The molecule has 3 nitrogen and oxygen atoms in total. The molecule has 0 amide bonds. The lowest BCUT2D eigenvalue weighted by molar-refractivity contribution is 0.511. The van der Waals surface area contributed by atoms with Gasteiger partial charge in [-0.2, -0.15) is 0 Å². The first-order valence-electron chi connectivity index (χ1n) is 3.98. The molecule has 1 N–H and O–H groups in total. The molecule has 0 aromatic carbocycles. The van der Waals surface area contributed by atoms with Gasteiger partial charge in [0.2, 0.25) is 0 Å². The van der Waals surface area contributed by atoms with Crippen molar-refractivity contribution in [1.29, 1.82) is 0 Å². The van der Waals surface area contributed by atoms with Crippen LogP contribution >= 0.6 is 12.2 Å². The molecular weight excluding hydrogens is 203 g/mol. The maximum atomic E-state index is 12.6. The molecule has 2 heterocycles. The van der Waals surface area contributed by atoms with Crippen molar-refractivity contribution in [3.63, 3.8) is 0 Å². The van der Waals surface area contributed by atoms with Crippen molar-refractivity contribution in [2.24, 2.45) is 0 Å². The number of rotatable bonds is 1. The second-order valence-electron chi connectivity index (χ2n) is 2.81. The summed E-state index contributed by atoms with van der Waals surface area (Å²) in [7, 11) is 0. The fourth-order valence-electron chi connectivity index (χ4n) is 1.17. The zero-order valence-electron chi connectivity index (χ0n) is 7.37. The van der Waals surface area contributed by atoms with E-state index in [9.17, 15) is 4.39 Å². The number of nitrogens with one attached hydrogen (secondary N) is 1. The fourth-order valence-corrected chi connectivity index (χ4v) is 1.40. The van der Waals surface area contributed by atoms with Crippen LogP contribution in [0.2, 0.25) is 0 Å². The Balaban J connectivity index is 2.54. The van der Waals surface area contributed by atoms with E-state index in [0.717, 1.165) is 6.20 Å². The number of halogens is 1. The molecule has 2 aromatic rings. The van der Waals surface area contributed by atoms with Gasteiger partial charge in [-0.1, -0.05) is 0 Å². The second-order valence-corrected chi connectivity index (χ2v) is 3.18. The molecule has 72 valence electrons. The van der Waals surface area contributed by atoms with Gasteiger partial charge in [0.05, 0.1) is 11.9 Å². The SMILES string of the molecule is Cc1oc(=S)[nH]c1-c1ccc(F)cn1. The number of aryl methyl sites for hydroxylation is 1. The maximum Gasteiger partial charge on any atom is 0.266 e. The van der Waals surface area contributed by atoms with Crippen molar-refractivity contribution in [2.45, 2.75) is 6.92 Å². The van der Waals surface area contributed by atoms with Crippen LogP contribution in [0.15, 0.2) is 22.7 Å². The van der Waals surface area contributed by atoms with Gasteiger partial charge < -0.3 is 9.40 Å². The van der Waals surface area contributed by atoms with Crippen molar-refractivity contribution >= 4 is 12.2 Å². The number of oxazole rings is 1. The minimum atomic E-state index is -0.367. The summed E-state index contributed by atoms with van der Waals surface area (Å²) in [6.07, 6.45) is 1.15. The summed E-state index contributed by atoms with van der Waals surface area (Å²) in [6, 6.07) is 2.91. The second kappa shape index (κ2) is 3.34. The number of H-pyrrole nitrogens is 1. The van der Waals surface area contributed by atoms with Gasteiger partial charge in [0, 0.05) is 0 Å². The number of pyridine rings is 1. The normalized spacial score (nSPS) is 10.4. The monoisotopic (exact) mass is 210 g/mol. The lowest BCUT2D eigenvalue weighted by atomic mass is 10.2. The topological polar surface area (TPSA) is 41.8 Å². The Bertz CT molecular complexity index is 500. The first-order valence-corrected chi connectivity index (χ1v) is 4.39. The average Bonchev–Trinajstić information content (AvgIpc) is 2.47. The molecule has 14 heavy (non-hydrogen) atoms. The van der Waals surface area contributed by atoms with E-state index < -0.39 is 0 Å². The third-order valence-corrected chi connectivity index (χ3v) is 1.99. The molecule has 0 aliphatic rings. The molecule has 0 radical (unpaired) electrons. The summed E-state index contributed by atoms with van der Waals surface area (Å²) in [5.41, 5.74) is 1.30. The Labute approximate surface area is 84.6 Å². The summed E-state index contributed by atoms with van der Waals surface area (Å²) < 4.78 is 17.7. The Morgan fingerprint density at radius 2 is 2.29 bits per heavy atom. The summed E-state index contributed by atoms with van der Waals surface area (Å²) >= 11 is 4.82. The third kappa shape index (κ3) is 1.58. The first kappa shape index (κ1) is 9.08. The fraction of sp³-hybridized carbons (Fsp3) is 0.111. The van der Waals surface area contributed by atoms with Crippen LogP contribution in [0, 0.1) is 17.6 Å². The van der Waals surface area contributed by atoms with Crippen LogP contribution < -0.4 is 0 Å². The Morgan fingerprint density at radius 1 is 1.50 bits per heavy atom. The quantitative estimate of drug-likeness (QED) is 0.736. The van der Waals surface area contributed by atoms with Crippen LogP contribution in [-0.2, 0) is 0 Å². The van der Waals surface area contributed by atoms with E-state index in [2.05, 4.69) is 9.97 Å². The lowest BCUT2D eigenvalue weighted by Gasteiger charge is -1.96. The van der Waals surface area contributed by atoms with E-state index in [-0.39, 0.29) is 5.82 Å². The highest BCUT2D eigenvalue weighted by molar-refractivity contribution is 7.71. The molecule has 0 bridgehead atoms. The molecule has 0 spiro atoms. The van der Waals surface area contributed by atoms with Gasteiger partial charge in [-0.25, -0.2) is 4.39 Å². The molecule has 0 aliphatic heterocycles. The first-order chi connectivity index (χ1) is 6.66. The van der Waals surface area contributed by atoms with Crippen LogP contribution in [0.4, 0.5) is 4.39 Å². The highest BCUT2D eigenvalue weighted by Gasteiger charge is 2.07. The van der Waals surface area contributed by atoms with Gasteiger partial charge in [0.25, 0.3) is 4.84 Å². The summed E-state index contributed by atoms with van der Waals surface area (Å²) in [5, 5.41) is 0. The van der Waals surface area contributed by atoms with Crippen molar-refractivity contribution in [3.05, 3.63) is 34.7 Å². The van der Waals surface area contributed by atoms with E-state index >= 15 is 0 Å². The van der Waals surface area contributed by atoms with E-state index in [4.69, 9.17) is 16.6 Å². The zero-order valence-corrected chi connectivity index (χ0v) is 8.19. The van der Waals surface area contributed by atoms with Gasteiger partial charge in [-0.15, -0.1) is 0 Å². The van der Waals surface area contributed by atoms with Crippen molar-refractivity contribution in [1.82, 2.24) is 9.97 Å². The van der Waals surface area contributed by atoms with Crippen LogP contribution in [0.3, 0.4) is 0 Å². The minimum Gasteiger partial charge on any atom is -0.434 e. The molecule has 5 heteroatoms. The van der Waals surface area contributed by atoms with E-state index in [1.807, 2.05) is 0 Å². The molecule has 0 aliphatic carbocycles. The highest BCUT2D eigenvalue weighted by atomic mass is 32.1. The molecule has 0 saturated heterocycles. The Hall–Kier alpha value is -1.49. The number of hydrogen-bond donors (Lipinski definition) is 1. The van der Waals surface area contributed by atoms with Gasteiger partial charge >= 0.3 is 0 Å². The van der Waals surface area contributed by atoms with Crippen LogP contribution in [0.1, 0.15) is 5.76 Å². The predicted octanol–water partition coefficient (Wildman–Crippen LogP) is 2.85. The summed E-state index contributed by atoms with van der Waals surface area (Å²) in [4.78, 5) is 7.05. The molecular formula is C9H7FN2OS. The Kier molecular flexibility index (Phi) is 2.17. The highest BCUT2D eigenvalue weighted by Crippen LogP contribution is 2.19. The van der Waals surface area contributed by atoms with Gasteiger partial charge in [-0.05, 0) is 31.3 Å². The lowest BCUT2D eigenvalue weighted by Crippen LogP contribution is -1.86. The molecule has 0 saturated carbocycles. The standard InChI is InChI=1S/C9H7FN2OS/c1-5-8(12-9(14)13-5)7-3-2-6(10)4-11-7/h2-4H,1H3,(H,12,14). The van der Waals surface area contributed by atoms with E-state index in [1.165, 1.54) is 6.07 Å². The summed E-state index contributed by atoms with van der Waals surface area (Å²) in [5.74, 6) is 0.280. The van der Waals surface area contributed by atoms with Gasteiger partial charge in [0.15, 0.2) is 0 Å². The van der Waals surface area contributed by atoms with Gasteiger partial charge in [-0.3, -0.25) is 4.98 Å². The zero-order chi connectivity index (χ0) is 10.1. The van der Waals surface area contributed by atoms with E-state index in [1.54, 1.807) is 13.0 Å². The molecule has 0 atom stereocenters. The number of aromatic nitrogens is 2. The number of nitrogens with zero attached hydrogens (tertiary/aromatic N) is 1. The molecule has 0 unspecified atom stereocenters. The molecule has 2 rings (SSSR count).